The fraction of sp³-hybridized carbons (Fsp3) is 0.978. The molecule has 0 aromatic carbocycles. The summed E-state index contributed by atoms with van der Waals surface area (Å²) in [4.78, 5) is 13.2. The predicted molar refractivity (Wildman–Crippen MR) is 239 cm³/mol. The van der Waals surface area contributed by atoms with Gasteiger partial charge in [-0.3, -0.25) is 4.79 Å². The van der Waals surface area contributed by atoms with E-state index in [1.54, 1.807) is 0 Å². The van der Waals surface area contributed by atoms with Crippen LogP contribution in [0.15, 0.2) is 0 Å². The molecule has 0 saturated heterocycles. The molecule has 1 N–H and O–H groups in total. The molecule has 61 heavy (non-hydrogen) atoms. The molecule has 0 rings (SSSR count). The fourth-order valence-electron chi connectivity index (χ4n) is 5.01. The third-order valence-electron chi connectivity index (χ3n) is 8.65. The maximum Gasteiger partial charge on any atom is 0.225 e. The van der Waals surface area contributed by atoms with Crippen molar-refractivity contribution in [2.75, 3.05) is 172 Å². The van der Waals surface area contributed by atoms with Crippen molar-refractivity contribution in [1.29, 1.82) is 0 Å². The van der Waals surface area contributed by atoms with E-state index >= 15 is 0 Å². The number of hydrogen-bond donors (Lipinski definition) is 1. The van der Waals surface area contributed by atoms with Gasteiger partial charge in [-0.15, -0.1) is 0 Å². The minimum atomic E-state index is -0.707. The number of rotatable bonds is 44. The van der Waals surface area contributed by atoms with E-state index < -0.39 is 5.41 Å². The molecular weight excluding hydrogens is 790 g/mol. The summed E-state index contributed by atoms with van der Waals surface area (Å²) >= 11 is 0. The first kappa shape index (κ1) is 60.0. The number of nitrogens with one attached hydrogen (secondary N) is 1. The predicted octanol–water partition coefficient (Wildman–Crippen LogP) is 6.02. The van der Waals surface area contributed by atoms with Gasteiger partial charge in [0.15, 0.2) is 0 Å². The zero-order chi connectivity index (χ0) is 45.6. The first-order valence-electron chi connectivity index (χ1n) is 22.7. The Kier molecular flexibility index (Phi) is 37.6. The first-order valence-corrected chi connectivity index (χ1v) is 22.7. The minimum absolute atomic E-state index is 0.0825. The van der Waals surface area contributed by atoms with Crippen LogP contribution < -0.4 is 5.32 Å². The van der Waals surface area contributed by atoms with Crippen molar-refractivity contribution in [3.63, 3.8) is 0 Å². The number of ether oxygens (including phenoxy) is 13. The number of hydrogen-bond acceptors (Lipinski definition) is 14. The Morgan fingerprint density at radius 3 is 1.05 bits per heavy atom. The molecule has 0 saturated carbocycles. The van der Waals surface area contributed by atoms with E-state index in [0.29, 0.717) is 165 Å². The van der Waals surface area contributed by atoms with Crippen molar-refractivity contribution < 1.29 is 66.4 Å². The molecule has 0 heterocycles. The van der Waals surface area contributed by atoms with Crippen molar-refractivity contribution in [2.45, 2.75) is 102 Å². The molecule has 0 radical (unpaired) electrons. The van der Waals surface area contributed by atoms with Crippen molar-refractivity contribution in [3.8, 4) is 0 Å². The lowest BCUT2D eigenvalue weighted by atomic mass is 9.85. The minimum Gasteiger partial charge on any atom is -0.379 e. The largest absolute Gasteiger partial charge is 0.379 e. The average molecular weight is 884 g/mol. The van der Waals surface area contributed by atoms with E-state index in [-0.39, 0.29) is 28.3 Å². The van der Waals surface area contributed by atoms with Gasteiger partial charge in [-0.1, -0.05) is 76.2 Å². The van der Waals surface area contributed by atoms with Gasteiger partial charge in [-0.25, -0.2) is 0 Å². The van der Waals surface area contributed by atoms with Gasteiger partial charge in [-0.2, -0.15) is 0 Å². The molecule has 15 nitrogen and oxygen atoms in total. The van der Waals surface area contributed by atoms with Crippen LogP contribution in [0.25, 0.3) is 0 Å². The second-order valence-electron chi connectivity index (χ2n) is 19.3. The summed E-state index contributed by atoms with van der Waals surface area (Å²) in [5.74, 6) is -0.0825. The molecule has 0 aromatic heterocycles. The van der Waals surface area contributed by atoms with Crippen LogP contribution in [-0.4, -0.2) is 184 Å². The molecule has 366 valence electrons. The Morgan fingerprint density at radius 2 is 0.689 bits per heavy atom. The van der Waals surface area contributed by atoms with E-state index in [4.69, 9.17) is 61.6 Å². The second-order valence-corrected chi connectivity index (χ2v) is 19.3. The Hall–Kier alpha value is -1.05. The lowest BCUT2D eigenvalue weighted by molar-refractivity contribution is -0.133. The van der Waals surface area contributed by atoms with Crippen LogP contribution in [0.2, 0.25) is 0 Å². The second kappa shape index (κ2) is 38.2. The van der Waals surface area contributed by atoms with Crippen LogP contribution in [0.1, 0.15) is 95.4 Å². The van der Waals surface area contributed by atoms with Crippen molar-refractivity contribution in [2.24, 2.45) is 21.7 Å². The summed E-state index contributed by atoms with van der Waals surface area (Å²) in [7, 11) is 0. The topological polar surface area (TPSA) is 149 Å². The summed E-state index contributed by atoms with van der Waals surface area (Å²) < 4.78 is 73.8. The summed E-state index contributed by atoms with van der Waals surface area (Å²) in [5.41, 5.74) is -0.0278. The van der Waals surface area contributed by atoms with Gasteiger partial charge in [0.1, 0.15) is 0 Å². The zero-order valence-corrected chi connectivity index (χ0v) is 40.8. The molecule has 15 heteroatoms. The van der Waals surface area contributed by atoms with Crippen LogP contribution in [0.5, 0.6) is 0 Å². The van der Waals surface area contributed by atoms with Crippen molar-refractivity contribution in [1.82, 2.24) is 5.32 Å². The Bertz CT molecular complexity index is 968. The fourth-order valence-corrected chi connectivity index (χ4v) is 5.01. The summed E-state index contributed by atoms with van der Waals surface area (Å²) in [6, 6.07) is 0. The molecule has 0 fully saturated rings. The highest BCUT2D eigenvalue weighted by molar-refractivity contribution is 5.81. The normalized spacial score (nSPS) is 13.3. The highest BCUT2D eigenvalue weighted by atomic mass is 16.6. The van der Waals surface area contributed by atoms with Crippen LogP contribution in [-0.2, 0) is 66.4 Å². The molecule has 0 bridgehead atoms. The van der Waals surface area contributed by atoms with Gasteiger partial charge in [0.25, 0.3) is 0 Å². The van der Waals surface area contributed by atoms with Gasteiger partial charge in [0.2, 0.25) is 5.91 Å². The van der Waals surface area contributed by atoms with Crippen molar-refractivity contribution >= 4 is 5.91 Å². The van der Waals surface area contributed by atoms with Gasteiger partial charge in [0.05, 0.1) is 158 Å². The Morgan fingerprint density at radius 1 is 0.377 bits per heavy atom. The lowest BCUT2D eigenvalue weighted by Crippen LogP contribution is -2.42. The summed E-state index contributed by atoms with van der Waals surface area (Å²) in [5, 5.41) is 2.99. The molecule has 0 spiro atoms. The van der Waals surface area contributed by atoms with Crippen LogP contribution >= 0.6 is 0 Å². The molecule has 1 atom stereocenters. The van der Waals surface area contributed by atoms with E-state index in [1.165, 1.54) is 0 Å². The standard InChI is InChI=1S/C46H93NO14/c1-43(2,3)12-15-49-18-21-52-24-26-54-28-29-55-27-25-53-23-20-51-17-14-47-42(48)46(10,11)38-41(39-59-34-32-56-22-19-50-16-13-44(4,5)6)61-37-36-58-31-30-57-33-35-60-40-45(7,8)9/h41H,12-40H2,1-11H3,(H,47,48). The molecule has 0 aromatic rings. The van der Waals surface area contributed by atoms with E-state index in [9.17, 15) is 4.79 Å². The molecule has 0 aliphatic carbocycles. The Balaban J connectivity index is 4.19. The number of carbonyl (C=O) groups is 1. The average Bonchev–Trinajstić information content (AvgIpc) is 3.16. The molecular formula is C46H93NO14. The SMILES string of the molecule is CC(C)(C)CCOCCOCCOCCOCCOCCOCCNC(=O)C(C)(C)CC(COCCOCCOCCC(C)(C)C)OCCOCCOCCOCC(C)(C)C. The number of carbonyl (C=O) groups excluding carboxylic acids is 1. The molecule has 0 aliphatic rings. The van der Waals surface area contributed by atoms with Gasteiger partial charge in [-0.05, 0) is 35.5 Å². The Labute approximate surface area is 371 Å². The highest BCUT2D eigenvalue weighted by Gasteiger charge is 2.31. The van der Waals surface area contributed by atoms with Gasteiger partial charge in [0, 0.05) is 25.2 Å². The maximum absolute atomic E-state index is 13.2. The third kappa shape index (κ3) is 46.8. The molecule has 0 aliphatic heterocycles. The van der Waals surface area contributed by atoms with Crippen LogP contribution in [0.3, 0.4) is 0 Å². The van der Waals surface area contributed by atoms with Crippen LogP contribution in [0, 0.1) is 21.7 Å². The third-order valence-corrected chi connectivity index (χ3v) is 8.65. The van der Waals surface area contributed by atoms with E-state index in [2.05, 4.69) is 67.6 Å². The smallest absolute Gasteiger partial charge is 0.225 e. The van der Waals surface area contributed by atoms with E-state index in [1.807, 2.05) is 13.8 Å². The summed E-state index contributed by atoms with van der Waals surface area (Å²) in [6.07, 6.45) is 2.18. The lowest BCUT2D eigenvalue weighted by Gasteiger charge is -2.29. The molecule has 1 unspecified atom stereocenters. The van der Waals surface area contributed by atoms with Crippen molar-refractivity contribution in [3.05, 3.63) is 0 Å². The van der Waals surface area contributed by atoms with E-state index in [0.717, 1.165) is 26.1 Å². The van der Waals surface area contributed by atoms with Gasteiger partial charge >= 0.3 is 0 Å². The molecule has 1 amide bonds. The monoisotopic (exact) mass is 884 g/mol. The highest BCUT2D eigenvalue weighted by Crippen LogP contribution is 2.24. The maximum atomic E-state index is 13.2. The van der Waals surface area contributed by atoms with Gasteiger partial charge < -0.3 is 66.9 Å². The number of amides is 1. The quantitative estimate of drug-likeness (QED) is 0.0711. The first-order chi connectivity index (χ1) is 28.9. The zero-order valence-electron chi connectivity index (χ0n) is 40.8. The van der Waals surface area contributed by atoms with Crippen LogP contribution in [0.4, 0.5) is 0 Å². The summed E-state index contributed by atoms with van der Waals surface area (Å²) in [6.45, 7) is 36.5.